The van der Waals surface area contributed by atoms with Crippen molar-refractivity contribution in [1.82, 2.24) is 0 Å². The lowest BCUT2D eigenvalue weighted by Gasteiger charge is -2.31. The molecule has 4 nitrogen and oxygen atoms in total. The Balaban J connectivity index is 1.43. The van der Waals surface area contributed by atoms with Crippen molar-refractivity contribution in [2.45, 2.75) is 41.9 Å². The second-order valence-electron chi connectivity index (χ2n) is 8.87. The fourth-order valence-electron chi connectivity index (χ4n) is 3.50. The summed E-state index contributed by atoms with van der Waals surface area (Å²) >= 11 is 3.19. The van der Waals surface area contributed by atoms with Gasteiger partial charge in [-0.15, -0.1) is 11.8 Å². The quantitative estimate of drug-likeness (QED) is 0.415. The molecule has 4 rings (SSSR count). The molecule has 0 saturated heterocycles. The van der Waals surface area contributed by atoms with Gasteiger partial charge in [-0.1, -0.05) is 56.8 Å². The van der Waals surface area contributed by atoms with Crippen LogP contribution in [0.1, 0.15) is 27.2 Å². The fourth-order valence-corrected chi connectivity index (χ4v) is 5.31. The number of anilines is 3. The van der Waals surface area contributed by atoms with Crippen molar-refractivity contribution in [2.24, 2.45) is 5.41 Å². The van der Waals surface area contributed by atoms with Crippen molar-refractivity contribution in [3.8, 4) is 0 Å². The largest absolute Gasteiger partial charge is 0.326 e. The van der Waals surface area contributed by atoms with Gasteiger partial charge in [0.2, 0.25) is 11.8 Å². The molecule has 1 aliphatic heterocycles. The van der Waals surface area contributed by atoms with Gasteiger partial charge in [-0.05, 0) is 53.9 Å². The Hall–Kier alpha value is -2.70. The zero-order valence-electron chi connectivity index (χ0n) is 18.4. The topological polar surface area (TPSA) is 49.4 Å². The summed E-state index contributed by atoms with van der Waals surface area (Å²) in [6.07, 6.45) is 0.467. The molecular formula is C26H26N2O2S2. The standard InChI is InChI=1S/C26H26N2O2S2/c1-26(2,3)16-24(29)27-18-12-14-19(15-13-18)31-17-25(30)28-20-8-4-6-10-22(20)32-23-11-7-5-9-21(23)28/h4-15H,16-17H2,1-3H3,(H,27,29). The predicted octanol–water partition coefficient (Wildman–Crippen LogP) is 6.98. The van der Waals surface area contributed by atoms with Gasteiger partial charge in [0.25, 0.3) is 0 Å². The van der Waals surface area contributed by atoms with Crippen LogP contribution in [0.25, 0.3) is 0 Å². The maximum Gasteiger partial charge on any atom is 0.241 e. The number of carbonyl (C=O) groups excluding carboxylic acids is 2. The molecular weight excluding hydrogens is 436 g/mol. The molecule has 0 unspecified atom stereocenters. The van der Waals surface area contributed by atoms with E-state index in [1.54, 1.807) is 11.8 Å². The first kappa shape index (κ1) is 22.5. The highest BCUT2D eigenvalue weighted by Crippen LogP contribution is 2.48. The van der Waals surface area contributed by atoms with E-state index >= 15 is 0 Å². The Morgan fingerprint density at radius 1 is 0.875 bits per heavy atom. The Morgan fingerprint density at radius 3 is 2.00 bits per heavy atom. The summed E-state index contributed by atoms with van der Waals surface area (Å²) in [6, 6.07) is 23.7. The van der Waals surface area contributed by atoms with Crippen LogP contribution in [0.3, 0.4) is 0 Å². The van der Waals surface area contributed by atoms with E-state index in [2.05, 4.69) is 17.4 Å². The van der Waals surface area contributed by atoms with E-state index in [4.69, 9.17) is 0 Å². The number of para-hydroxylation sites is 2. The van der Waals surface area contributed by atoms with Crippen molar-refractivity contribution in [2.75, 3.05) is 16.0 Å². The van der Waals surface area contributed by atoms with Crippen LogP contribution in [0, 0.1) is 5.41 Å². The zero-order chi connectivity index (χ0) is 22.7. The molecule has 3 aromatic carbocycles. The third-order valence-corrected chi connectivity index (χ3v) is 7.00. The summed E-state index contributed by atoms with van der Waals surface area (Å²) in [5.74, 6) is 0.370. The van der Waals surface area contributed by atoms with Gasteiger partial charge in [0.1, 0.15) is 0 Å². The molecule has 1 N–H and O–H groups in total. The number of rotatable bonds is 5. The average Bonchev–Trinajstić information content (AvgIpc) is 2.75. The molecule has 0 saturated carbocycles. The molecule has 0 bridgehead atoms. The van der Waals surface area contributed by atoms with Gasteiger partial charge in [-0.2, -0.15) is 0 Å². The number of benzene rings is 3. The van der Waals surface area contributed by atoms with Gasteiger partial charge >= 0.3 is 0 Å². The molecule has 0 radical (unpaired) electrons. The second kappa shape index (κ2) is 9.43. The summed E-state index contributed by atoms with van der Waals surface area (Å²) in [5, 5.41) is 2.94. The summed E-state index contributed by atoms with van der Waals surface area (Å²) in [4.78, 5) is 30.4. The zero-order valence-corrected chi connectivity index (χ0v) is 20.1. The van der Waals surface area contributed by atoms with Gasteiger partial charge in [0, 0.05) is 26.8 Å². The molecule has 164 valence electrons. The Labute approximate surface area is 197 Å². The number of amides is 2. The Morgan fingerprint density at radius 2 is 1.44 bits per heavy atom. The monoisotopic (exact) mass is 462 g/mol. The highest BCUT2D eigenvalue weighted by molar-refractivity contribution is 8.00. The number of hydrogen-bond donors (Lipinski definition) is 1. The van der Waals surface area contributed by atoms with E-state index in [0.29, 0.717) is 12.2 Å². The highest BCUT2D eigenvalue weighted by Gasteiger charge is 2.27. The number of thioether (sulfide) groups is 1. The number of carbonyl (C=O) groups is 2. The van der Waals surface area contributed by atoms with E-state index < -0.39 is 0 Å². The number of hydrogen-bond acceptors (Lipinski definition) is 4. The van der Waals surface area contributed by atoms with E-state index in [0.717, 1.165) is 31.7 Å². The SMILES string of the molecule is CC(C)(C)CC(=O)Nc1ccc(SCC(=O)N2c3ccccc3Sc3ccccc32)cc1. The summed E-state index contributed by atoms with van der Waals surface area (Å²) in [7, 11) is 0. The van der Waals surface area contributed by atoms with E-state index in [1.165, 1.54) is 11.8 Å². The third-order valence-electron chi connectivity index (χ3n) is 4.87. The molecule has 2 amide bonds. The number of nitrogens with zero attached hydrogens (tertiary/aromatic N) is 1. The highest BCUT2D eigenvalue weighted by atomic mass is 32.2. The van der Waals surface area contributed by atoms with Crippen LogP contribution in [0.2, 0.25) is 0 Å². The number of nitrogens with one attached hydrogen (secondary N) is 1. The summed E-state index contributed by atoms with van der Waals surface area (Å²) in [6.45, 7) is 6.13. The normalized spacial score (nSPS) is 12.7. The van der Waals surface area contributed by atoms with Crippen molar-refractivity contribution >= 4 is 52.4 Å². The van der Waals surface area contributed by atoms with Crippen LogP contribution in [0.4, 0.5) is 17.1 Å². The molecule has 1 aliphatic rings. The van der Waals surface area contributed by atoms with Crippen LogP contribution < -0.4 is 10.2 Å². The van der Waals surface area contributed by atoms with Crippen LogP contribution in [0.15, 0.2) is 87.5 Å². The first-order valence-corrected chi connectivity index (χ1v) is 12.3. The van der Waals surface area contributed by atoms with Crippen molar-refractivity contribution in [3.63, 3.8) is 0 Å². The maximum atomic E-state index is 13.3. The average molecular weight is 463 g/mol. The van der Waals surface area contributed by atoms with Gasteiger partial charge < -0.3 is 5.32 Å². The minimum atomic E-state index is -0.0512. The van der Waals surface area contributed by atoms with E-state index in [1.807, 2.05) is 86.3 Å². The minimum Gasteiger partial charge on any atom is -0.326 e. The van der Waals surface area contributed by atoms with Crippen molar-refractivity contribution < 1.29 is 9.59 Å². The van der Waals surface area contributed by atoms with Crippen molar-refractivity contribution in [3.05, 3.63) is 72.8 Å². The van der Waals surface area contributed by atoms with Gasteiger partial charge in [-0.25, -0.2) is 0 Å². The lowest BCUT2D eigenvalue weighted by molar-refractivity contribution is -0.118. The lowest BCUT2D eigenvalue weighted by atomic mass is 9.92. The Kier molecular flexibility index (Phi) is 6.63. The molecule has 1 heterocycles. The Bertz CT molecular complexity index is 1090. The first-order chi connectivity index (χ1) is 15.3. The molecule has 0 aromatic heterocycles. The van der Waals surface area contributed by atoms with Crippen LogP contribution in [-0.2, 0) is 9.59 Å². The van der Waals surface area contributed by atoms with Gasteiger partial charge in [0.15, 0.2) is 0 Å². The molecule has 0 spiro atoms. The van der Waals surface area contributed by atoms with Crippen LogP contribution >= 0.6 is 23.5 Å². The maximum absolute atomic E-state index is 13.3. The molecule has 3 aromatic rings. The summed E-state index contributed by atoms with van der Waals surface area (Å²) in [5.41, 5.74) is 2.58. The predicted molar refractivity (Wildman–Crippen MR) is 134 cm³/mol. The van der Waals surface area contributed by atoms with Crippen molar-refractivity contribution in [1.29, 1.82) is 0 Å². The lowest BCUT2D eigenvalue weighted by Crippen LogP contribution is -2.29. The smallest absolute Gasteiger partial charge is 0.241 e. The van der Waals surface area contributed by atoms with Gasteiger partial charge in [-0.3, -0.25) is 14.5 Å². The molecule has 0 atom stereocenters. The third kappa shape index (κ3) is 5.37. The molecule has 0 aliphatic carbocycles. The second-order valence-corrected chi connectivity index (χ2v) is 11.0. The number of fused-ring (bicyclic) bond motifs is 2. The summed E-state index contributed by atoms with van der Waals surface area (Å²) < 4.78 is 0. The molecule has 0 fully saturated rings. The van der Waals surface area contributed by atoms with Crippen LogP contribution in [0.5, 0.6) is 0 Å². The van der Waals surface area contributed by atoms with E-state index in [9.17, 15) is 9.59 Å². The molecule has 6 heteroatoms. The van der Waals surface area contributed by atoms with Gasteiger partial charge in [0.05, 0.1) is 17.1 Å². The minimum absolute atomic E-state index is 0.00776. The van der Waals surface area contributed by atoms with E-state index in [-0.39, 0.29) is 17.2 Å². The first-order valence-electron chi connectivity index (χ1n) is 10.5. The van der Waals surface area contributed by atoms with Crippen LogP contribution in [-0.4, -0.2) is 17.6 Å². The molecule has 32 heavy (non-hydrogen) atoms. The fraction of sp³-hybridized carbons (Fsp3) is 0.231.